The van der Waals surface area contributed by atoms with Crippen LogP contribution < -0.4 is 5.14 Å². The van der Waals surface area contributed by atoms with Crippen molar-refractivity contribution in [3.63, 3.8) is 0 Å². The predicted octanol–water partition coefficient (Wildman–Crippen LogP) is 0.179. The zero-order chi connectivity index (χ0) is 12.3. The van der Waals surface area contributed by atoms with Gasteiger partial charge in [-0.1, -0.05) is 12.8 Å². The summed E-state index contributed by atoms with van der Waals surface area (Å²) in [6.07, 6.45) is 8.38. The van der Waals surface area contributed by atoms with E-state index in [4.69, 9.17) is 11.6 Å². The molecule has 0 saturated carbocycles. The Bertz CT molecular complexity index is 502. The highest BCUT2D eigenvalue weighted by Crippen LogP contribution is 2.19. The summed E-state index contributed by atoms with van der Waals surface area (Å²) in [6.45, 7) is 3.48. The Morgan fingerprint density at radius 1 is 1.44 bits per heavy atom. The average Bonchev–Trinajstić information content (AvgIpc) is 2.17. The van der Waals surface area contributed by atoms with E-state index >= 15 is 0 Å². The summed E-state index contributed by atoms with van der Waals surface area (Å²) in [6, 6.07) is 0. The van der Waals surface area contributed by atoms with E-state index in [2.05, 4.69) is 15.9 Å². The van der Waals surface area contributed by atoms with Crippen molar-refractivity contribution in [3.05, 3.63) is 23.8 Å². The van der Waals surface area contributed by atoms with Crippen molar-refractivity contribution in [3.8, 4) is 12.3 Å². The van der Waals surface area contributed by atoms with E-state index in [-0.39, 0.29) is 0 Å². The lowest BCUT2D eigenvalue weighted by Gasteiger charge is -2.15. The van der Waals surface area contributed by atoms with Crippen LogP contribution in [0.1, 0.15) is 24.2 Å². The molecular weight excluding hydrogens is 226 g/mol. The summed E-state index contributed by atoms with van der Waals surface area (Å²) in [7, 11) is -3.79. The van der Waals surface area contributed by atoms with Crippen molar-refractivity contribution in [1.82, 2.24) is 9.97 Å². The first-order valence-electron chi connectivity index (χ1n) is 4.62. The van der Waals surface area contributed by atoms with Crippen molar-refractivity contribution in [1.29, 1.82) is 0 Å². The number of terminal acetylenes is 1. The minimum absolute atomic E-state index is 0.377. The number of nitrogens with two attached hydrogens (primary N) is 1. The van der Waals surface area contributed by atoms with Crippen LogP contribution in [0, 0.1) is 19.3 Å². The van der Waals surface area contributed by atoms with Gasteiger partial charge in [-0.3, -0.25) is 0 Å². The molecule has 0 bridgehead atoms. The van der Waals surface area contributed by atoms with Gasteiger partial charge in [-0.2, -0.15) is 0 Å². The van der Waals surface area contributed by atoms with Crippen molar-refractivity contribution in [2.45, 2.75) is 25.0 Å². The third-order valence-corrected chi connectivity index (χ3v) is 3.43. The molecule has 0 aliphatic rings. The summed E-state index contributed by atoms with van der Waals surface area (Å²) in [5, 5.41) is 3.93. The van der Waals surface area contributed by atoms with Gasteiger partial charge >= 0.3 is 0 Å². The summed E-state index contributed by atoms with van der Waals surface area (Å²) in [5.74, 6) is 2.01. The normalized spacial score (nSPS) is 15.1. The van der Waals surface area contributed by atoms with Crippen LogP contribution in [0.15, 0.2) is 12.4 Å². The van der Waals surface area contributed by atoms with Crippen LogP contribution in [0.2, 0.25) is 0 Å². The highest BCUT2D eigenvalue weighted by Gasteiger charge is 2.28. The molecule has 0 saturated heterocycles. The number of sulfonamides is 1. The second kappa shape index (κ2) is 4.60. The second-order valence-corrected chi connectivity index (χ2v) is 5.27. The van der Waals surface area contributed by atoms with Gasteiger partial charge in [0.1, 0.15) is 11.1 Å². The highest BCUT2D eigenvalue weighted by molar-refractivity contribution is 7.90. The maximum atomic E-state index is 11.2. The quantitative estimate of drug-likeness (QED) is 0.762. The Morgan fingerprint density at radius 3 is 2.31 bits per heavy atom. The van der Waals surface area contributed by atoms with Gasteiger partial charge < -0.3 is 0 Å². The fourth-order valence-electron chi connectivity index (χ4n) is 1.30. The number of rotatable bonds is 3. The van der Waals surface area contributed by atoms with E-state index in [0.29, 0.717) is 5.82 Å². The van der Waals surface area contributed by atoms with Crippen molar-refractivity contribution in [2.24, 2.45) is 5.14 Å². The van der Waals surface area contributed by atoms with Crippen LogP contribution in [0.25, 0.3) is 0 Å². The van der Waals surface area contributed by atoms with Crippen LogP contribution in [-0.4, -0.2) is 23.6 Å². The predicted molar refractivity (Wildman–Crippen MR) is 60.9 cm³/mol. The molecule has 2 atom stereocenters. The van der Waals surface area contributed by atoms with E-state index in [1.54, 1.807) is 19.3 Å². The summed E-state index contributed by atoms with van der Waals surface area (Å²) in [5.41, 5.74) is 0.892. The lowest BCUT2D eigenvalue weighted by Crippen LogP contribution is -2.32. The highest BCUT2D eigenvalue weighted by atomic mass is 32.2. The van der Waals surface area contributed by atoms with Gasteiger partial charge in [-0.05, 0) is 12.5 Å². The Kier molecular flexibility index (Phi) is 3.62. The zero-order valence-corrected chi connectivity index (χ0v) is 9.90. The molecule has 0 unspecified atom stereocenters. The van der Waals surface area contributed by atoms with Crippen LogP contribution in [0.3, 0.4) is 0 Å². The van der Waals surface area contributed by atoms with E-state index in [9.17, 15) is 8.42 Å². The monoisotopic (exact) mass is 239 g/mol. The fraction of sp³-hybridized carbons (Fsp3) is 0.400. The Balaban J connectivity index is 3.06. The molecule has 0 fully saturated rings. The van der Waals surface area contributed by atoms with Gasteiger partial charge in [0.2, 0.25) is 10.0 Å². The molecule has 2 N–H and O–H groups in total. The van der Waals surface area contributed by atoms with Crippen molar-refractivity contribution in [2.75, 3.05) is 0 Å². The van der Waals surface area contributed by atoms with Gasteiger partial charge in [-0.15, -0.1) is 6.42 Å². The number of primary sulfonamides is 1. The number of nitrogens with zero attached hydrogens (tertiary/aromatic N) is 2. The van der Waals surface area contributed by atoms with Gasteiger partial charge in [0.15, 0.2) is 0 Å². The van der Waals surface area contributed by atoms with Crippen LogP contribution >= 0.6 is 0 Å². The summed E-state index contributed by atoms with van der Waals surface area (Å²) >= 11 is 0. The first-order valence-corrected chi connectivity index (χ1v) is 6.23. The maximum Gasteiger partial charge on any atom is 0.224 e. The maximum absolute atomic E-state index is 11.2. The number of aromatic nitrogens is 2. The number of aryl methyl sites for hydroxylation is 1. The molecule has 0 spiro atoms. The SMILES string of the molecule is C#C[C@@H]([C@H](C)c1ncc(C)cn1)S(N)(=O)=O. The third kappa shape index (κ3) is 2.78. The molecule has 0 aromatic carbocycles. The van der Waals surface area contributed by atoms with E-state index < -0.39 is 21.2 Å². The number of hydrogen-bond acceptors (Lipinski definition) is 4. The Hall–Kier alpha value is -1.45. The summed E-state index contributed by atoms with van der Waals surface area (Å²) < 4.78 is 22.4. The average molecular weight is 239 g/mol. The number of hydrogen-bond donors (Lipinski definition) is 1. The molecule has 86 valence electrons. The lowest BCUT2D eigenvalue weighted by atomic mass is 10.1. The molecule has 1 aromatic rings. The molecule has 6 heteroatoms. The van der Waals surface area contributed by atoms with E-state index in [1.165, 1.54) is 0 Å². The minimum Gasteiger partial charge on any atom is -0.241 e. The molecule has 1 rings (SSSR count). The lowest BCUT2D eigenvalue weighted by molar-refractivity contribution is 0.577. The zero-order valence-electron chi connectivity index (χ0n) is 9.08. The smallest absolute Gasteiger partial charge is 0.224 e. The molecule has 0 amide bonds. The second-order valence-electron chi connectivity index (χ2n) is 3.58. The Labute approximate surface area is 95.2 Å². The first-order chi connectivity index (χ1) is 7.36. The topological polar surface area (TPSA) is 85.9 Å². The van der Waals surface area contributed by atoms with Gasteiger partial charge in [0.25, 0.3) is 0 Å². The third-order valence-electron chi connectivity index (χ3n) is 2.18. The van der Waals surface area contributed by atoms with Crippen molar-refractivity contribution < 1.29 is 8.42 Å². The molecule has 0 radical (unpaired) electrons. The molecule has 1 heterocycles. The van der Waals surface area contributed by atoms with Crippen LogP contribution in [-0.2, 0) is 10.0 Å². The largest absolute Gasteiger partial charge is 0.241 e. The molecule has 0 aliphatic carbocycles. The summed E-state index contributed by atoms with van der Waals surface area (Å²) in [4.78, 5) is 8.07. The van der Waals surface area contributed by atoms with E-state index in [0.717, 1.165) is 5.56 Å². The molecule has 16 heavy (non-hydrogen) atoms. The van der Waals surface area contributed by atoms with Crippen molar-refractivity contribution >= 4 is 10.0 Å². The van der Waals surface area contributed by atoms with Gasteiger partial charge in [0, 0.05) is 18.3 Å². The molecule has 1 aromatic heterocycles. The van der Waals surface area contributed by atoms with E-state index in [1.807, 2.05) is 6.92 Å². The van der Waals surface area contributed by atoms with Crippen LogP contribution in [0.5, 0.6) is 0 Å². The molecular formula is C10H13N3O2S. The van der Waals surface area contributed by atoms with Crippen LogP contribution in [0.4, 0.5) is 0 Å². The minimum atomic E-state index is -3.79. The Morgan fingerprint density at radius 2 is 1.94 bits per heavy atom. The molecule has 0 aliphatic heterocycles. The van der Waals surface area contributed by atoms with Gasteiger partial charge in [-0.25, -0.2) is 23.5 Å². The first kappa shape index (κ1) is 12.6. The fourth-order valence-corrected chi connectivity index (χ4v) is 2.18. The standard InChI is InChI=1S/C10H13N3O2S/c1-4-9(16(11,14)15)8(3)10-12-5-7(2)6-13-10/h1,5-6,8-9H,2-3H3,(H2,11,14,15)/t8-,9-/m0/s1. The molecule has 5 nitrogen and oxygen atoms in total. The van der Waals surface area contributed by atoms with Gasteiger partial charge in [0.05, 0.1) is 0 Å².